The molecule has 0 aliphatic carbocycles. The molecule has 21 heavy (non-hydrogen) atoms. The molecule has 7 nitrogen and oxygen atoms in total. The number of rotatable bonds is 5. The molecule has 2 aromatic rings. The van der Waals surface area contributed by atoms with Gasteiger partial charge in [-0.3, -0.25) is 13.9 Å². The molecule has 116 valence electrons. The molecule has 2 N–H and O–H groups in total. The van der Waals surface area contributed by atoms with Gasteiger partial charge in [-0.1, -0.05) is 6.92 Å². The molecule has 2 aromatic heterocycles. The summed E-state index contributed by atoms with van der Waals surface area (Å²) >= 11 is 0. The van der Waals surface area contributed by atoms with Crippen LogP contribution in [0.25, 0.3) is 11.2 Å². The molecule has 0 aliphatic rings. The summed E-state index contributed by atoms with van der Waals surface area (Å²) < 4.78 is 4.58. The maximum atomic E-state index is 12.7. The zero-order chi connectivity index (χ0) is 15.7. The highest BCUT2D eigenvalue weighted by molar-refractivity contribution is 5.71. The largest absolute Gasteiger partial charge is 0.333 e. The van der Waals surface area contributed by atoms with Crippen molar-refractivity contribution >= 4 is 11.2 Å². The third kappa shape index (κ3) is 2.31. The zero-order valence-electron chi connectivity index (χ0n) is 13.1. The van der Waals surface area contributed by atoms with E-state index in [9.17, 15) is 9.59 Å². The summed E-state index contributed by atoms with van der Waals surface area (Å²) in [4.78, 5) is 29.7. The lowest BCUT2D eigenvalue weighted by molar-refractivity contribution is 0.492. The first-order chi connectivity index (χ1) is 9.97. The number of fused-ring (bicyclic) bond motifs is 1. The third-order valence-corrected chi connectivity index (χ3v) is 3.86. The highest BCUT2D eigenvalue weighted by Crippen LogP contribution is 2.12. The lowest BCUT2D eigenvalue weighted by Gasteiger charge is -2.14. The molecule has 0 bridgehead atoms. The molecule has 2 heterocycles. The molecule has 2 rings (SSSR count). The van der Waals surface area contributed by atoms with Gasteiger partial charge in [0.15, 0.2) is 11.2 Å². The predicted molar refractivity (Wildman–Crippen MR) is 82.7 cm³/mol. The summed E-state index contributed by atoms with van der Waals surface area (Å²) in [6.45, 7) is 6.41. The van der Waals surface area contributed by atoms with Crippen molar-refractivity contribution in [3.63, 3.8) is 0 Å². The Bertz CT molecular complexity index is 768. The average molecular weight is 293 g/mol. The summed E-state index contributed by atoms with van der Waals surface area (Å²) in [6, 6.07) is -0.336. The number of hydrogen-bond donors (Lipinski definition) is 1. The van der Waals surface area contributed by atoms with Crippen LogP contribution in [0.5, 0.6) is 0 Å². The van der Waals surface area contributed by atoms with Crippen molar-refractivity contribution in [3.05, 3.63) is 26.7 Å². The van der Waals surface area contributed by atoms with Crippen LogP contribution in [0.4, 0.5) is 0 Å². The topological polar surface area (TPSA) is 87.8 Å². The fraction of sp³-hybridized carbons (Fsp3) is 0.643. The number of nitrogens with two attached hydrogens (primary N) is 1. The molecule has 0 amide bonds. The van der Waals surface area contributed by atoms with E-state index in [2.05, 4.69) is 11.9 Å². The van der Waals surface area contributed by atoms with Crippen molar-refractivity contribution in [2.24, 2.45) is 12.8 Å². The molecule has 7 heteroatoms. The first-order valence-electron chi connectivity index (χ1n) is 7.38. The fourth-order valence-electron chi connectivity index (χ4n) is 2.60. The Morgan fingerprint density at radius 3 is 2.48 bits per heavy atom. The maximum absolute atomic E-state index is 12.7. The number of aryl methyl sites for hydroxylation is 3. The number of hydrogen-bond acceptors (Lipinski definition) is 4. The molecule has 1 atom stereocenters. The number of imidazole rings is 1. The van der Waals surface area contributed by atoms with Gasteiger partial charge in [-0.15, -0.1) is 0 Å². The second-order valence-corrected chi connectivity index (χ2v) is 5.30. The molecule has 0 spiro atoms. The Morgan fingerprint density at radius 1 is 1.29 bits per heavy atom. The van der Waals surface area contributed by atoms with Crippen molar-refractivity contribution in [2.75, 3.05) is 6.54 Å². The van der Waals surface area contributed by atoms with E-state index >= 15 is 0 Å². The summed E-state index contributed by atoms with van der Waals surface area (Å²) in [5.74, 6) is 0.823. The standard InChI is InChI=1S/C14H23N5O2/c1-5-7-10-16-12-11(17(10)4)13(20)19(9(3)8-15)14(21)18(12)6-2/h9H,5-8,15H2,1-4H3. The van der Waals surface area contributed by atoms with Gasteiger partial charge in [-0.2, -0.15) is 0 Å². The minimum absolute atomic E-state index is 0.240. The van der Waals surface area contributed by atoms with Crippen molar-refractivity contribution in [3.8, 4) is 0 Å². The molecule has 0 saturated carbocycles. The van der Waals surface area contributed by atoms with Gasteiger partial charge in [0.05, 0.1) is 6.04 Å². The van der Waals surface area contributed by atoms with Gasteiger partial charge in [-0.25, -0.2) is 9.78 Å². The second-order valence-electron chi connectivity index (χ2n) is 5.30. The quantitative estimate of drug-likeness (QED) is 0.863. The second kappa shape index (κ2) is 5.85. The monoisotopic (exact) mass is 293 g/mol. The predicted octanol–water partition coefficient (Wildman–Crippen LogP) is 0.389. The van der Waals surface area contributed by atoms with Gasteiger partial charge in [-0.05, 0) is 20.3 Å². The highest BCUT2D eigenvalue weighted by Gasteiger charge is 2.21. The molecular weight excluding hydrogens is 270 g/mol. The smallest absolute Gasteiger partial charge is 0.328 e. The lowest BCUT2D eigenvalue weighted by Crippen LogP contribution is -2.43. The zero-order valence-corrected chi connectivity index (χ0v) is 13.1. The minimum Gasteiger partial charge on any atom is -0.328 e. The van der Waals surface area contributed by atoms with E-state index in [-0.39, 0.29) is 23.8 Å². The van der Waals surface area contributed by atoms with Gasteiger partial charge < -0.3 is 10.3 Å². The molecule has 0 aliphatic heterocycles. The number of nitrogens with zero attached hydrogens (tertiary/aromatic N) is 4. The van der Waals surface area contributed by atoms with Gasteiger partial charge >= 0.3 is 5.69 Å². The van der Waals surface area contributed by atoms with Crippen LogP contribution in [-0.2, 0) is 20.0 Å². The molecular formula is C14H23N5O2. The average Bonchev–Trinajstić information content (AvgIpc) is 2.77. The van der Waals surface area contributed by atoms with Crippen LogP contribution >= 0.6 is 0 Å². The van der Waals surface area contributed by atoms with Crippen molar-refractivity contribution in [1.29, 1.82) is 0 Å². The summed E-state index contributed by atoms with van der Waals surface area (Å²) in [7, 11) is 1.82. The maximum Gasteiger partial charge on any atom is 0.333 e. The van der Waals surface area contributed by atoms with E-state index in [0.717, 1.165) is 18.7 Å². The highest BCUT2D eigenvalue weighted by atomic mass is 16.2. The Hall–Kier alpha value is -1.89. The van der Waals surface area contributed by atoms with Crippen molar-refractivity contribution in [2.45, 2.75) is 46.2 Å². The van der Waals surface area contributed by atoms with E-state index < -0.39 is 0 Å². The minimum atomic E-state index is -0.339. The number of aromatic nitrogens is 4. The van der Waals surface area contributed by atoms with Crippen molar-refractivity contribution in [1.82, 2.24) is 18.7 Å². The van der Waals surface area contributed by atoms with Gasteiger partial charge in [0, 0.05) is 26.6 Å². The summed E-state index contributed by atoms with van der Waals surface area (Å²) in [5.41, 5.74) is 5.93. The summed E-state index contributed by atoms with van der Waals surface area (Å²) in [6.07, 6.45) is 1.70. The van der Waals surface area contributed by atoms with E-state index in [0.29, 0.717) is 17.7 Å². The first kappa shape index (κ1) is 15.5. The molecule has 0 saturated heterocycles. The van der Waals surface area contributed by atoms with Crippen LogP contribution in [0.1, 0.15) is 39.1 Å². The first-order valence-corrected chi connectivity index (χ1v) is 7.38. The van der Waals surface area contributed by atoms with Crippen molar-refractivity contribution < 1.29 is 0 Å². The Labute approximate surface area is 123 Å². The van der Waals surface area contributed by atoms with Crippen LogP contribution in [0.2, 0.25) is 0 Å². The van der Waals surface area contributed by atoms with Crippen LogP contribution in [0, 0.1) is 0 Å². The van der Waals surface area contributed by atoms with E-state index in [1.165, 1.54) is 4.57 Å². The lowest BCUT2D eigenvalue weighted by atomic mass is 10.3. The van der Waals surface area contributed by atoms with Crippen LogP contribution in [0.3, 0.4) is 0 Å². The Morgan fingerprint density at radius 2 is 1.95 bits per heavy atom. The fourth-order valence-corrected chi connectivity index (χ4v) is 2.60. The normalized spacial score (nSPS) is 13.0. The SMILES string of the molecule is CCCc1nc2c(c(=O)n(C(C)CN)c(=O)n2CC)n1C. The van der Waals surface area contributed by atoms with E-state index in [1.54, 1.807) is 16.1 Å². The van der Waals surface area contributed by atoms with Gasteiger partial charge in [0.1, 0.15) is 5.82 Å². The van der Waals surface area contributed by atoms with Gasteiger partial charge in [0.2, 0.25) is 0 Å². The third-order valence-electron chi connectivity index (χ3n) is 3.86. The van der Waals surface area contributed by atoms with Crippen LogP contribution in [0.15, 0.2) is 9.59 Å². The Kier molecular flexibility index (Phi) is 4.32. The molecule has 0 aromatic carbocycles. The summed E-state index contributed by atoms with van der Waals surface area (Å²) in [5, 5.41) is 0. The molecule has 0 fully saturated rings. The Balaban J connectivity index is 2.94. The molecule has 1 unspecified atom stereocenters. The van der Waals surface area contributed by atoms with Gasteiger partial charge in [0.25, 0.3) is 5.56 Å². The van der Waals surface area contributed by atoms with E-state index in [4.69, 9.17) is 5.73 Å². The van der Waals surface area contributed by atoms with E-state index in [1.807, 2.05) is 14.0 Å². The van der Waals surface area contributed by atoms with Crippen LogP contribution < -0.4 is 17.0 Å². The molecule has 0 radical (unpaired) electrons. The van der Waals surface area contributed by atoms with Crippen LogP contribution in [-0.4, -0.2) is 25.2 Å².